The zero-order valence-electron chi connectivity index (χ0n) is 21.9. The minimum Gasteiger partial charge on any atom is -0.508 e. The first-order chi connectivity index (χ1) is 17.0. The van der Waals surface area contributed by atoms with E-state index in [1.807, 2.05) is 26.0 Å². The van der Waals surface area contributed by atoms with Crippen molar-refractivity contribution in [1.82, 2.24) is 0 Å². The maximum absolute atomic E-state index is 13.5. The van der Waals surface area contributed by atoms with E-state index >= 15 is 0 Å². The molecule has 0 spiro atoms. The van der Waals surface area contributed by atoms with Crippen LogP contribution < -0.4 is 0 Å². The maximum atomic E-state index is 13.5. The van der Waals surface area contributed by atoms with E-state index in [9.17, 15) is 19.8 Å². The third-order valence-corrected chi connectivity index (χ3v) is 8.05. The van der Waals surface area contributed by atoms with E-state index in [2.05, 4.69) is 32.1 Å². The van der Waals surface area contributed by atoms with Gasteiger partial charge in [0.25, 0.3) is 0 Å². The van der Waals surface area contributed by atoms with Crippen molar-refractivity contribution in [3.05, 3.63) is 53.6 Å². The van der Waals surface area contributed by atoms with Crippen molar-refractivity contribution >= 4 is 11.9 Å². The Hall–Kier alpha value is -2.60. The fourth-order valence-electron chi connectivity index (χ4n) is 6.13. The van der Waals surface area contributed by atoms with Crippen molar-refractivity contribution in [2.45, 2.75) is 84.5 Å². The van der Waals surface area contributed by atoms with E-state index in [0.717, 1.165) is 18.4 Å². The minimum atomic E-state index is -0.709. The molecule has 7 atom stereocenters. The molecule has 4 rings (SSSR count). The average molecular weight is 497 g/mol. The fourth-order valence-corrected chi connectivity index (χ4v) is 6.13. The lowest BCUT2D eigenvalue weighted by molar-refractivity contribution is -0.165. The van der Waals surface area contributed by atoms with Crippen molar-refractivity contribution in [3.63, 3.8) is 0 Å². The first-order valence-corrected chi connectivity index (χ1v) is 13.3. The highest BCUT2D eigenvalue weighted by Crippen LogP contribution is 2.45. The Morgan fingerprint density at radius 1 is 1.14 bits per heavy atom. The summed E-state index contributed by atoms with van der Waals surface area (Å²) < 4.78 is 11.8. The summed E-state index contributed by atoms with van der Waals surface area (Å²) in [7, 11) is 0. The molecule has 0 radical (unpaired) electrons. The van der Waals surface area contributed by atoms with Crippen LogP contribution in [-0.4, -0.2) is 40.5 Å². The first-order valence-electron chi connectivity index (χ1n) is 13.3. The van der Waals surface area contributed by atoms with E-state index in [1.165, 1.54) is 5.57 Å². The Kier molecular flexibility index (Phi) is 7.93. The number of aliphatic hydroxyl groups excluding tert-OH is 1. The lowest BCUT2D eigenvalue weighted by atomic mass is 9.65. The summed E-state index contributed by atoms with van der Waals surface area (Å²) in [6, 6.07) is 6.96. The molecule has 0 bridgehead atoms. The number of hydrogen-bond donors (Lipinski definition) is 2. The number of aromatic hydroxyl groups is 1. The summed E-state index contributed by atoms with van der Waals surface area (Å²) in [6.07, 6.45) is 9.00. The molecule has 6 nitrogen and oxygen atoms in total. The van der Waals surface area contributed by atoms with Crippen LogP contribution in [0.5, 0.6) is 5.75 Å². The van der Waals surface area contributed by atoms with E-state index < -0.39 is 11.5 Å². The van der Waals surface area contributed by atoms with Crippen LogP contribution in [0.25, 0.3) is 0 Å². The number of fused-ring (bicyclic) bond motifs is 1. The molecule has 36 heavy (non-hydrogen) atoms. The molecule has 3 aliphatic rings. The molecule has 2 N–H and O–H groups in total. The Balaban J connectivity index is 1.48. The van der Waals surface area contributed by atoms with Crippen molar-refractivity contribution in [2.24, 2.45) is 29.1 Å². The number of carbonyl (C=O) groups is 2. The Bertz CT molecular complexity index is 1010. The summed E-state index contributed by atoms with van der Waals surface area (Å²) in [6.45, 7) is 8.18. The lowest BCUT2D eigenvalue weighted by Gasteiger charge is -2.44. The molecule has 1 aromatic rings. The van der Waals surface area contributed by atoms with Crippen LogP contribution in [0.4, 0.5) is 0 Å². The van der Waals surface area contributed by atoms with E-state index in [4.69, 9.17) is 9.47 Å². The molecule has 0 saturated carbocycles. The predicted octanol–water partition coefficient (Wildman–Crippen LogP) is 5.12. The summed E-state index contributed by atoms with van der Waals surface area (Å²) in [5, 5.41) is 19.6. The predicted molar refractivity (Wildman–Crippen MR) is 137 cm³/mol. The van der Waals surface area contributed by atoms with Crippen molar-refractivity contribution < 1.29 is 29.3 Å². The lowest BCUT2D eigenvalue weighted by Crippen LogP contribution is -2.43. The molecule has 0 aromatic heterocycles. The minimum absolute atomic E-state index is 0.0738. The topological polar surface area (TPSA) is 93.1 Å². The third kappa shape index (κ3) is 6.20. The van der Waals surface area contributed by atoms with Gasteiger partial charge >= 0.3 is 11.9 Å². The Morgan fingerprint density at radius 3 is 2.56 bits per heavy atom. The molecule has 1 fully saturated rings. The van der Waals surface area contributed by atoms with Crippen LogP contribution >= 0.6 is 0 Å². The molecule has 1 aliphatic heterocycles. The van der Waals surface area contributed by atoms with Gasteiger partial charge in [0.1, 0.15) is 18.0 Å². The fraction of sp³-hybridized carbons (Fsp3) is 0.600. The number of hydrogen-bond acceptors (Lipinski definition) is 6. The van der Waals surface area contributed by atoms with Gasteiger partial charge in [-0.1, -0.05) is 44.2 Å². The molecule has 1 heterocycles. The molecule has 0 amide bonds. The standard InChI is InChI=1S/C30H40O6/c1-18-13-21-8-5-19(2)25(12-11-24-15-23(32)16-27(33)35-24)28(21)26(14-18)36-29(34)30(3,4)17-20-6-9-22(31)10-7-20/h5-10,13,18-19,23-26,28,31-32H,11-12,14-17H2,1-4H3/t18-,19-,23+,24+,25-,26-,28-/m0/s1. The van der Waals surface area contributed by atoms with Gasteiger partial charge in [0.15, 0.2) is 0 Å². The van der Waals surface area contributed by atoms with Gasteiger partial charge in [-0.25, -0.2) is 0 Å². The summed E-state index contributed by atoms with van der Waals surface area (Å²) >= 11 is 0. The summed E-state index contributed by atoms with van der Waals surface area (Å²) in [5.74, 6) is 0.629. The smallest absolute Gasteiger partial charge is 0.312 e. The first kappa shape index (κ1) is 26.5. The summed E-state index contributed by atoms with van der Waals surface area (Å²) in [4.78, 5) is 25.3. The van der Waals surface area contributed by atoms with E-state index in [1.54, 1.807) is 12.1 Å². The molecule has 1 aromatic carbocycles. The van der Waals surface area contributed by atoms with Crippen LogP contribution in [0, 0.1) is 29.1 Å². The number of aliphatic hydroxyl groups is 1. The number of phenolic OH excluding ortho intramolecular Hbond substituents is 1. The van der Waals surface area contributed by atoms with Gasteiger partial charge in [-0.05, 0) is 80.6 Å². The van der Waals surface area contributed by atoms with Crippen molar-refractivity contribution in [2.75, 3.05) is 0 Å². The molecule has 1 saturated heterocycles. The van der Waals surface area contributed by atoms with Gasteiger partial charge in [-0.2, -0.15) is 0 Å². The molecule has 0 unspecified atom stereocenters. The normalized spacial score (nSPS) is 32.3. The molecular weight excluding hydrogens is 456 g/mol. The number of ether oxygens (including phenoxy) is 2. The van der Waals surface area contributed by atoms with Crippen LogP contribution in [-0.2, 0) is 25.5 Å². The van der Waals surface area contributed by atoms with Gasteiger partial charge in [-0.3, -0.25) is 9.59 Å². The number of phenols is 1. The van der Waals surface area contributed by atoms with Crippen LogP contribution in [0.3, 0.4) is 0 Å². The maximum Gasteiger partial charge on any atom is 0.312 e. The second-order valence-corrected chi connectivity index (χ2v) is 11.7. The van der Waals surface area contributed by atoms with Crippen LogP contribution in [0.2, 0.25) is 0 Å². The number of carbonyl (C=O) groups excluding carboxylic acids is 2. The second kappa shape index (κ2) is 10.8. The van der Waals surface area contributed by atoms with Crippen LogP contribution in [0.1, 0.15) is 65.4 Å². The van der Waals surface area contributed by atoms with E-state index in [0.29, 0.717) is 31.1 Å². The van der Waals surface area contributed by atoms with E-state index in [-0.39, 0.29) is 48.2 Å². The molecular formula is C30H40O6. The summed E-state index contributed by atoms with van der Waals surface area (Å²) in [5.41, 5.74) is 1.50. The number of cyclic esters (lactones) is 1. The van der Waals surface area contributed by atoms with Gasteiger partial charge in [-0.15, -0.1) is 0 Å². The Morgan fingerprint density at radius 2 is 1.86 bits per heavy atom. The molecule has 2 aliphatic carbocycles. The SMILES string of the molecule is C[C@H]1C=C2C=C[C@H](C)[C@H](CC[C@@H]3C[C@@H](O)CC(=O)O3)[C@H]2[C@@H](OC(=O)C(C)(C)Cc2ccc(O)cc2)C1. The second-order valence-electron chi connectivity index (χ2n) is 11.7. The number of allylic oxidation sites excluding steroid dienone is 3. The highest BCUT2D eigenvalue weighted by atomic mass is 16.6. The van der Waals surface area contributed by atoms with Gasteiger partial charge in [0.2, 0.25) is 0 Å². The zero-order valence-corrected chi connectivity index (χ0v) is 21.9. The number of benzene rings is 1. The van der Waals surface area contributed by atoms with Gasteiger partial charge in [0.05, 0.1) is 17.9 Å². The zero-order chi connectivity index (χ0) is 26.0. The molecule has 196 valence electrons. The number of rotatable bonds is 7. The molecule has 6 heteroatoms. The van der Waals surface area contributed by atoms with Crippen molar-refractivity contribution in [1.29, 1.82) is 0 Å². The Labute approximate surface area is 214 Å². The highest BCUT2D eigenvalue weighted by molar-refractivity contribution is 5.76. The third-order valence-electron chi connectivity index (χ3n) is 8.05. The van der Waals surface area contributed by atoms with Crippen molar-refractivity contribution in [3.8, 4) is 5.75 Å². The highest BCUT2D eigenvalue weighted by Gasteiger charge is 2.43. The number of esters is 2. The monoisotopic (exact) mass is 496 g/mol. The van der Waals surface area contributed by atoms with Gasteiger partial charge in [0, 0.05) is 12.3 Å². The van der Waals surface area contributed by atoms with Crippen LogP contribution in [0.15, 0.2) is 48.1 Å². The average Bonchev–Trinajstić information content (AvgIpc) is 2.79. The quantitative estimate of drug-likeness (QED) is 0.509. The van der Waals surface area contributed by atoms with Gasteiger partial charge < -0.3 is 19.7 Å². The largest absolute Gasteiger partial charge is 0.508 e.